The minimum atomic E-state index is -0.844. The quantitative estimate of drug-likeness (QED) is 0.434. The Morgan fingerprint density at radius 1 is 1.17 bits per heavy atom. The van der Waals surface area contributed by atoms with Gasteiger partial charge in [0.05, 0.1) is 13.0 Å². The van der Waals surface area contributed by atoms with Gasteiger partial charge in [0.1, 0.15) is 5.75 Å². The van der Waals surface area contributed by atoms with Crippen LogP contribution in [0.4, 0.5) is 5.95 Å². The van der Waals surface area contributed by atoms with Gasteiger partial charge in [-0.15, -0.1) is 0 Å². The Bertz CT molecular complexity index is 953. The molecule has 3 rings (SSSR count). The predicted molar refractivity (Wildman–Crippen MR) is 118 cm³/mol. The average molecular weight is 411 g/mol. The number of aryl methyl sites for hydroxylation is 1. The number of hydrogen-bond donors (Lipinski definition) is 2. The number of benzene rings is 1. The van der Waals surface area contributed by atoms with Gasteiger partial charge in [-0.3, -0.25) is 4.79 Å². The predicted octanol–water partition coefficient (Wildman–Crippen LogP) is 4.22. The molecular weight excluding hydrogens is 380 g/mol. The van der Waals surface area contributed by atoms with E-state index in [9.17, 15) is 4.79 Å². The van der Waals surface area contributed by atoms with E-state index in [2.05, 4.69) is 33.7 Å². The van der Waals surface area contributed by atoms with Crippen LogP contribution in [0.25, 0.3) is 10.9 Å². The van der Waals surface area contributed by atoms with Gasteiger partial charge in [0, 0.05) is 42.6 Å². The van der Waals surface area contributed by atoms with E-state index < -0.39 is 5.97 Å². The Balaban J connectivity index is 1.57. The van der Waals surface area contributed by atoms with E-state index in [1.54, 1.807) is 6.20 Å². The van der Waals surface area contributed by atoms with E-state index in [-0.39, 0.29) is 6.42 Å². The van der Waals surface area contributed by atoms with Crippen molar-refractivity contribution in [2.45, 2.75) is 46.0 Å². The molecule has 0 saturated heterocycles. The third-order valence-electron chi connectivity index (χ3n) is 5.09. The summed E-state index contributed by atoms with van der Waals surface area (Å²) in [6.45, 7) is 6.59. The lowest BCUT2D eigenvalue weighted by atomic mass is 10.1. The van der Waals surface area contributed by atoms with Gasteiger partial charge in [0.15, 0.2) is 0 Å². The van der Waals surface area contributed by atoms with E-state index in [1.807, 2.05) is 30.6 Å². The number of hydrogen-bond acceptors (Lipinski definition) is 5. The molecule has 160 valence electrons. The van der Waals surface area contributed by atoms with Crippen LogP contribution < -0.4 is 9.64 Å². The zero-order valence-corrected chi connectivity index (χ0v) is 17.7. The molecule has 0 saturated carbocycles. The topological polar surface area (TPSA) is 91.3 Å². The van der Waals surface area contributed by atoms with Gasteiger partial charge in [-0.05, 0) is 48.6 Å². The molecule has 0 aliphatic carbocycles. The summed E-state index contributed by atoms with van der Waals surface area (Å²) >= 11 is 0. The lowest BCUT2D eigenvalue weighted by molar-refractivity contribution is -0.136. The number of fused-ring (bicyclic) bond motifs is 1. The fraction of sp³-hybridized carbons (Fsp3) is 0.435. The first kappa shape index (κ1) is 21.6. The highest BCUT2D eigenvalue weighted by Crippen LogP contribution is 2.24. The van der Waals surface area contributed by atoms with Gasteiger partial charge in [-0.2, -0.15) is 0 Å². The van der Waals surface area contributed by atoms with Crippen molar-refractivity contribution < 1.29 is 14.6 Å². The zero-order chi connectivity index (χ0) is 21.3. The van der Waals surface area contributed by atoms with E-state index in [0.717, 1.165) is 72.5 Å². The maximum Gasteiger partial charge on any atom is 0.307 e. The molecule has 0 unspecified atom stereocenters. The second-order valence-electron chi connectivity index (χ2n) is 7.38. The van der Waals surface area contributed by atoms with Gasteiger partial charge in [-0.25, -0.2) is 9.97 Å². The number of nitrogens with one attached hydrogen (secondary N) is 1. The number of aliphatic carboxylic acids is 1. The van der Waals surface area contributed by atoms with Crippen molar-refractivity contribution in [3.63, 3.8) is 0 Å². The van der Waals surface area contributed by atoms with E-state index in [0.29, 0.717) is 6.61 Å². The van der Waals surface area contributed by atoms with Gasteiger partial charge >= 0.3 is 5.97 Å². The highest BCUT2D eigenvalue weighted by molar-refractivity contribution is 5.87. The largest absolute Gasteiger partial charge is 0.494 e. The van der Waals surface area contributed by atoms with Gasteiger partial charge in [0.2, 0.25) is 5.95 Å². The molecule has 0 fully saturated rings. The summed E-state index contributed by atoms with van der Waals surface area (Å²) in [7, 11) is 0. The number of unbranched alkanes of at least 4 members (excludes halogenated alkanes) is 1. The molecule has 0 aliphatic rings. The number of rotatable bonds is 12. The molecule has 2 N–H and O–H groups in total. The maximum absolute atomic E-state index is 11.0. The molecule has 3 aromatic rings. The summed E-state index contributed by atoms with van der Waals surface area (Å²) in [5.41, 5.74) is 2.82. The standard InChI is InChI=1S/C23H30N4O3/c1-3-5-9-27(23-25-14-17(4-2)15-26-23)10-6-11-30-19-7-8-21-20(13-19)18(16-24-21)12-22(28)29/h7-8,13-16,24H,3-6,9-12H2,1-2H3,(H,28,29). The lowest BCUT2D eigenvalue weighted by Gasteiger charge is -2.22. The molecule has 0 aliphatic heterocycles. The Morgan fingerprint density at radius 2 is 1.93 bits per heavy atom. The fourth-order valence-corrected chi connectivity index (χ4v) is 3.36. The van der Waals surface area contributed by atoms with Crippen molar-refractivity contribution in [1.82, 2.24) is 15.0 Å². The lowest BCUT2D eigenvalue weighted by Crippen LogP contribution is -2.28. The summed E-state index contributed by atoms with van der Waals surface area (Å²) in [4.78, 5) is 25.4. The molecule has 2 heterocycles. The van der Waals surface area contributed by atoms with Gasteiger partial charge in [0.25, 0.3) is 0 Å². The summed E-state index contributed by atoms with van der Waals surface area (Å²) < 4.78 is 5.94. The van der Waals surface area contributed by atoms with Gasteiger partial charge < -0.3 is 19.7 Å². The fourth-order valence-electron chi connectivity index (χ4n) is 3.36. The van der Waals surface area contributed by atoms with Crippen LogP contribution in [0, 0.1) is 0 Å². The Kier molecular flexibility index (Phi) is 7.65. The second kappa shape index (κ2) is 10.6. The molecule has 0 radical (unpaired) electrons. The summed E-state index contributed by atoms with van der Waals surface area (Å²) in [5, 5.41) is 9.96. The highest BCUT2D eigenvalue weighted by atomic mass is 16.5. The minimum Gasteiger partial charge on any atom is -0.494 e. The smallest absolute Gasteiger partial charge is 0.307 e. The van der Waals surface area contributed by atoms with Crippen LogP contribution in [0.3, 0.4) is 0 Å². The third-order valence-corrected chi connectivity index (χ3v) is 5.09. The maximum atomic E-state index is 11.0. The monoisotopic (exact) mass is 410 g/mol. The first-order valence-electron chi connectivity index (χ1n) is 10.6. The van der Waals surface area contributed by atoms with Crippen molar-refractivity contribution in [2.24, 2.45) is 0 Å². The van der Waals surface area contributed by atoms with Crippen molar-refractivity contribution in [2.75, 3.05) is 24.6 Å². The molecule has 0 spiro atoms. The van der Waals surface area contributed by atoms with E-state index in [1.165, 1.54) is 0 Å². The van der Waals surface area contributed by atoms with Crippen molar-refractivity contribution in [1.29, 1.82) is 0 Å². The SMILES string of the molecule is CCCCN(CCCOc1ccc2[nH]cc(CC(=O)O)c2c1)c1ncc(CC)cn1. The number of H-pyrrole nitrogens is 1. The normalized spacial score (nSPS) is 11.0. The summed E-state index contributed by atoms with van der Waals surface area (Å²) in [6.07, 6.45) is 9.53. The summed E-state index contributed by atoms with van der Waals surface area (Å²) in [5.74, 6) is 0.675. The molecule has 2 aromatic heterocycles. The second-order valence-corrected chi connectivity index (χ2v) is 7.38. The molecule has 7 nitrogen and oxygen atoms in total. The highest BCUT2D eigenvalue weighted by Gasteiger charge is 2.11. The molecule has 0 bridgehead atoms. The first-order chi connectivity index (χ1) is 14.6. The number of nitrogens with zero attached hydrogens (tertiary/aromatic N) is 3. The van der Waals surface area contributed by atoms with E-state index in [4.69, 9.17) is 9.84 Å². The van der Waals surface area contributed by atoms with Crippen LogP contribution >= 0.6 is 0 Å². The number of carboxylic acid groups (broad SMARTS) is 1. The van der Waals surface area contributed by atoms with Crippen molar-refractivity contribution >= 4 is 22.8 Å². The number of carbonyl (C=O) groups is 1. The summed E-state index contributed by atoms with van der Waals surface area (Å²) in [6, 6.07) is 5.74. The minimum absolute atomic E-state index is 0.00728. The van der Waals surface area contributed by atoms with Crippen LogP contribution in [0.2, 0.25) is 0 Å². The number of aromatic nitrogens is 3. The molecule has 0 amide bonds. The Hall–Kier alpha value is -3.09. The number of carboxylic acids is 1. The Morgan fingerprint density at radius 3 is 2.63 bits per heavy atom. The van der Waals surface area contributed by atoms with Gasteiger partial charge in [-0.1, -0.05) is 20.3 Å². The molecular formula is C23H30N4O3. The van der Waals surface area contributed by atoms with Crippen LogP contribution in [0.1, 0.15) is 44.2 Å². The third kappa shape index (κ3) is 5.72. The van der Waals surface area contributed by atoms with Crippen LogP contribution in [0.5, 0.6) is 5.75 Å². The van der Waals surface area contributed by atoms with Crippen LogP contribution in [-0.4, -0.2) is 45.7 Å². The molecule has 7 heteroatoms. The Labute approximate surface area is 177 Å². The molecule has 30 heavy (non-hydrogen) atoms. The number of aromatic amines is 1. The van der Waals surface area contributed by atoms with E-state index >= 15 is 0 Å². The van der Waals surface area contributed by atoms with Crippen molar-refractivity contribution in [3.8, 4) is 5.75 Å². The zero-order valence-electron chi connectivity index (χ0n) is 17.7. The number of anilines is 1. The molecule has 1 aromatic carbocycles. The molecule has 0 atom stereocenters. The van der Waals surface area contributed by atoms with Crippen molar-refractivity contribution in [3.05, 3.63) is 47.9 Å². The number of ether oxygens (including phenoxy) is 1. The van der Waals surface area contributed by atoms with Crippen LogP contribution in [-0.2, 0) is 17.6 Å². The average Bonchev–Trinajstić information content (AvgIpc) is 3.15. The van der Waals surface area contributed by atoms with Crippen LogP contribution in [0.15, 0.2) is 36.8 Å². The first-order valence-corrected chi connectivity index (χ1v) is 10.6.